The fraction of sp³-hybridized carbons (Fsp3) is 0.750. The first-order chi connectivity index (χ1) is 14.8. The van der Waals surface area contributed by atoms with Gasteiger partial charge in [0.1, 0.15) is 13.2 Å². The van der Waals surface area contributed by atoms with Gasteiger partial charge in [-0.1, -0.05) is 66.5 Å². The van der Waals surface area contributed by atoms with E-state index in [0.717, 1.165) is 0 Å². The lowest BCUT2D eigenvalue weighted by molar-refractivity contribution is 0.0811. The van der Waals surface area contributed by atoms with Gasteiger partial charge in [-0.2, -0.15) is 21.6 Å². The van der Waals surface area contributed by atoms with Crippen LogP contribution >= 0.6 is 11.1 Å². The molecule has 0 fully saturated rings. The van der Waals surface area contributed by atoms with Gasteiger partial charge in [0.15, 0.2) is 27.9 Å². The molecule has 0 amide bonds. The molecule has 0 saturated heterocycles. The Labute approximate surface area is 209 Å². The van der Waals surface area contributed by atoms with Gasteiger partial charge in [-0.05, 0) is 23.2 Å². The Balaban J connectivity index is -0.000000449. The number of hydrogen-bond donors (Lipinski definition) is 1. The van der Waals surface area contributed by atoms with Crippen molar-refractivity contribution in [1.29, 1.82) is 10.5 Å². The van der Waals surface area contributed by atoms with Gasteiger partial charge in [0.25, 0.3) is 0 Å². The standard InChI is InChI=1S/C12H21NO2Si.C6H15ClSi.C6H7NO2/c1-7-8-14-10-11(9-13)15-16(5,6)12(2,3)4;1-6(2,3)8(4,5)7;1-2-3-9-5-6(8)4-7/h1,11H,8,10H2,2-6H3;1-5H3;1,6,8H,3,5H2. The maximum Gasteiger partial charge on any atom is 0.193 e. The fourth-order valence-electron chi connectivity index (χ4n) is 1.12. The lowest BCUT2D eigenvalue weighted by atomic mass is 10.2. The topological polar surface area (TPSA) is 95.5 Å². The van der Waals surface area contributed by atoms with Crippen LogP contribution in [-0.4, -0.2) is 59.4 Å². The molecule has 0 heterocycles. The summed E-state index contributed by atoms with van der Waals surface area (Å²) in [4.78, 5) is 0. The molecule has 1 N–H and O–H groups in total. The van der Waals surface area contributed by atoms with Crippen molar-refractivity contribution in [2.45, 2.75) is 90.0 Å². The van der Waals surface area contributed by atoms with Gasteiger partial charge in [-0.25, -0.2) is 0 Å². The Morgan fingerprint density at radius 1 is 0.848 bits per heavy atom. The molecule has 0 aliphatic carbocycles. The van der Waals surface area contributed by atoms with Crippen molar-refractivity contribution in [3.63, 3.8) is 0 Å². The van der Waals surface area contributed by atoms with Gasteiger partial charge in [0.05, 0.1) is 25.4 Å². The van der Waals surface area contributed by atoms with Crippen LogP contribution in [0.25, 0.3) is 0 Å². The molecule has 0 aromatic carbocycles. The van der Waals surface area contributed by atoms with Crippen molar-refractivity contribution in [2.24, 2.45) is 0 Å². The zero-order valence-corrected chi connectivity index (χ0v) is 24.8. The van der Waals surface area contributed by atoms with E-state index < -0.39 is 27.9 Å². The molecule has 0 aromatic heterocycles. The van der Waals surface area contributed by atoms with Gasteiger partial charge in [0, 0.05) is 0 Å². The summed E-state index contributed by atoms with van der Waals surface area (Å²) >= 11 is 6.15. The van der Waals surface area contributed by atoms with E-state index >= 15 is 0 Å². The minimum absolute atomic E-state index is 0.0132. The molecule has 2 unspecified atom stereocenters. The van der Waals surface area contributed by atoms with E-state index in [1.165, 1.54) is 0 Å². The van der Waals surface area contributed by atoms with Crippen molar-refractivity contribution in [2.75, 3.05) is 26.4 Å². The highest BCUT2D eigenvalue weighted by Crippen LogP contribution is 2.38. The van der Waals surface area contributed by atoms with Crippen molar-refractivity contribution >= 4 is 26.8 Å². The second-order valence-electron chi connectivity index (χ2n) is 10.3. The summed E-state index contributed by atoms with van der Waals surface area (Å²) in [5.74, 6) is 4.57. The summed E-state index contributed by atoms with van der Waals surface area (Å²) in [6.45, 7) is 22.2. The van der Waals surface area contributed by atoms with Crippen LogP contribution in [0.3, 0.4) is 0 Å². The molecule has 0 saturated carbocycles. The number of nitriles is 2. The monoisotopic (exact) mass is 514 g/mol. The Hall–Kier alpha value is -1.34. The number of aliphatic hydroxyl groups excluding tert-OH is 1. The Bertz CT molecular complexity index is 685. The summed E-state index contributed by atoms with van der Waals surface area (Å²) in [7, 11) is -3.29. The number of ether oxygens (including phenoxy) is 2. The second-order valence-corrected chi connectivity index (χ2v) is 22.3. The summed E-state index contributed by atoms with van der Waals surface area (Å²) in [6, 6.07) is 3.69. The Kier molecular flexibility index (Phi) is 18.8. The van der Waals surface area contributed by atoms with Gasteiger partial charge >= 0.3 is 0 Å². The first-order valence-corrected chi connectivity index (χ1v) is 17.6. The van der Waals surface area contributed by atoms with Crippen molar-refractivity contribution in [3.05, 3.63) is 0 Å². The molecule has 0 aliphatic rings. The summed E-state index contributed by atoms with van der Waals surface area (Å²) < 4.78 is 15.6. The largest absolute Gasteiger partial charge is 0.400 e. The Morgan fingerprint density at radius 2 is 1.24 bits per heavy atom. The Morgan fingerprint density at radius 3 is 1.52 bits per heavy atom. The lowest BCUT2D eigenvalue weighted by Gasteiger charge is -2.37. The van der Waals surface area contributed by atoms with Crippen molar-refractivity contribution < 1.29 is 19.0 Å². The molecule has 0 radical (unpaired) electrons. The maximum absolute atomic E-state index is 8.97. The number of rotatable bonds is 8. The highest BCUT2D eigenvalue weighted by Gasteiger charge is 2.39. The third kappa shape index (κ3) is 19.8. The van der Waals surface area contributed by atoms with Gasteiger partial charge in [0.2, 0.25) is 0 Å². The third-order valence-electron chi connectivity index (χ3n) is 5.24. The summed E-state index contributed by atoms with van der Waals surface area (Å²) in [5.41, 5.74) is 0. The molecule has 0 aliphatic heterocycles. The van der Waals surface area contributed by atoms with Gasteiger partial charge in [-0.3, -0.25) is 0 Å². The minimum atomic E-state index is -1.90. The van der Waals surface area contributed by atoms with Crippen LogP contribution < -0.4 is 0 Å². The number of hydrogen-bond acceptors (Lipinski definition) is 6. The van der Waals surface area contributed by atoms with E-state index in [-0.39, 0.29) is 31.5 Å². The fourth-order valence-corrected chi connectivity index (χ4v) is 2.31. The summed E-state index contributed by atoms with van der Waals surface area (Å²) in [6.07, 6.45) is 8.30. The second kappa shape index (κ2) is 17.2. The maximum atomic E-state index is 8.97. The number of halogens is 1. The van der Waals surface area contributed by atoms with Crippen LogP contribution in [0.1, 0.15) is 41.5 Å². The first kappa shape index (κ1) is 36.2. The molecule has 6 nitrogen and oxygen atoms in total. The minimum Gasteiger partial charge on any atom is -0.400 e. The van der Waals surface area contributed by atoms with E-state index in [1.54, 1.807) is 6.07 Å². The normalized spacial score (nSPS) is 13.3. The van der Waals surface area contributed by atoms with Crippen LogP contribution in [-0.2, 0) is 13.9 Å². The van der Waals surface area contributed by atoms with E-state index in [0.29, 0.717) is 5.04 Å². The molecule has 2 atom stereocenters. The lowest BCUT2D eigenvalue weighted by Crippen LogP contribution is -2.44. The zero-order valence-electron chi connectivity index (χ0n) is 22.1. The molecule has 0 spiro atoms. The molecule has 9 heteroatoms. The van der Waals surface area contributed by atoms with E-state index in [2.05, 4.69) is 90.4 Å². The first-order valence-electron chi connectivity index (χ1n) is 10.7. The molecule has 0 rings (SSSR count). The number of nitrogens with zero attached hydrogens (tertiary/aromatic N) is 2. The van der Waals surface area contributed by atoms with Gasteiger partial charge < -0.3 is 19.0 Å². The van der Waals surface area contributed by atoms with E-state index in [9.17, 15) is 0 Å². The molecule has 33 heavy (non-hydrogen) atoms. The average molecular weight is 515 g/mol. The van der Waals surface area contributed by atoms with Crippen molar-refractivity contribution in [1.82, 2.24) is 0 Å². The summed E-state index contributed by atoms with van der Waals surface area (Å²) in [5, 5.41) is 25.9. The van der Waals surface area contributed by atoms with Crippen LogP contribution in [0, 0.1) is 47.3 Å². The molecule has 0 bridgehead atoms. The number of terminal acetylenes is 2. The number of aliphatic hydroxyl groups is 1. The average Bonchev–Trinajstić information content (AvgIpc) is 2.65. The predicted octanol–water partition coefficient (Wildman–Crippen LogP) is 5.30. The smallest absolute Gasteiger partial charge is 0.193 e. The van der Waals surface area contributed by atoms with Crippen LogP contribution in [0.15, 0.2) is 0 Å². The predicted molar refractivity (Wildman–Crippen MR) is 142 cm³/mol. The van der Waals surface area contributed by atoms with E-state index in [1.807, 2.05) is 0 Å². The van der Waals surface area contributed by atoms with Crippen molar-refractivity contribution in [3.8, 4) is 36.8 Å². The zero-order chi connectivity index (χ0) is 26.9. The highest BCUT2D eigenvalue weighted by molar-refractivity contribution is 7.20. The molecular weight excluding hydrogens is 472 g/mol. The van der Waals surface area contributed by atoms with Crippen LogP contribution in [0.5, 0.6) is 0 Å². The van der Waals surface area contributed by atoms with Crippen LogP contribution in [0.2, 0.25) is 36.3 Å². The molecule has 0 aromatic rings. The van der Waals surface area contributed by atoms with Crippen LogP contribution in [0.4, 0.5) is 0 Å². The molecule has 188 valence electrons. The molecular formula is C24H43ClN2O4Si2. The van der Waals surface area contributed by atoms with E-state index in [4.69, 9.17) is 48.7 Å². The third-order valence-corrected chi connectivity index (χ3v) is 15.0. The SMILES string of the molecule is C#CCOCC(C#N)O[Si](C)(C)C(C)(C)C.C#CCOCC(O)C#N.CC(C)(C)[Si](C)(C)Cl. The quantitative estimate of drug-likeness (QED) is 0.155. The highest BCUT2D eigenvalue weighted by atomic mass is 35.6. The van der Waals surface area contributed by atoms with Gasteiger partial charge in [-0.15, -0.1) is 12.8 Å².